The molecule has 1 aliphatic rings. The van der Waals surface area contributed by atoms with E-state index in [-0.39, 0.29) is 12.6 Å². The summed E-state index contributed by atoms with van der Waals surface area (Å²) in [5.74, 6) is 0. The summed E-state index contributed by atoms with van der Waals surface area (Å²) in [5, 5.41) is 18.8. The molecule has 0 aliphatic carbocycles. The van der Waals surface area contributed by atoms with Crippen LogP contribution in [0.5, 0.6) is 0 Å². The first kappa shape index (κ1) is 9.88. The van der Waals surface area contributed by atoms with Crippen molar-refractivity contribution >= 4 is 0 Å². The largest absolute Gasteiger partial charge is 0.389 e. The maximum atomic E-state index is 9.41. The number of hydrogen-bond donors (Lipinski definition) is 4. The molecule has 0 bridgehead atoms. The topological polar surface area (TPSA) is 102 Å². The quantitative estimate of drug-likeness (QED) is 0.362. The van der Waals surface area contributed by atoms with Gasteiger partial charge in [-0.25, -0.2) is 0 Å². The van der Waals surface area contributed by atoms with Gasteiger partial charge in [0, 0.05) is 6.54 Å². The van der Waals surface area contributed by atoms with Crippen LogP contribution in [0, 0.1) is 0 Å². The van der Waals surface area contributed by atoms with Crippen LogP contribution in [-0.4, -0.2) is 47.2 Å². The van der Waals surface area contributed by atoms with E-state index in [1.807, 2.05) is 0 Å². The first-order valence-electron chi connectivity index (χ1n) is 4.05. The minimum atomic E-state index is -0.971. The number of aliphatic hydroxyl groups is 2. The summed E-state index contributed by atoms with van der Waals surface area (Å²) < 4.78 is 5.27. The van der Waals surface area contributed by atoms with Gasteiger partial charge >= 0.3 is 0 Å². The van der Waals surface area contributed by atoms with Crippen molar-refractivity contribution in [1.82, 2.24) is 0 Å². The molecule has 1 fully saturated rings. The van der Waals surface area contributed by atoms with Crippen LogP contribution in [0.25, 0.3) is 0 Å². The summed E-state index contributed by atoms with van der Waals surface area (Å²) in [4.78, 5) is 0. The van der Waals surface area contributed by atoms with Gasteiger partial charge in [0.25, 0.3) is 0 Å². The number of ether oxygens (including phenoxy) is 1. The van der Waals surface area contributed by atoms with Gasteiger partial charge in [0.15, 0.2) is 0 Å². The van der Waals surface area contributed by atoms with Crippen molar-refractivity contribution in [3.8, 4) is 0 Å². The Kier molecular flexibility index (Phi) is 3.03. The molecule has 0 amide bonds. The van der Waals surface area contributed by atoms with Crippen molar-refractivity contribution < 1.29 is 14.9 Å². The average molecular weight is 176 g/mol. The Labute approximate surface area is 71.3 Å². The Morgan fingerprint density at radius 3 is 2.42 bits per heavy atom. The molecule has 5 heteroatoms. The molecule has 0 radical (unpaired) electrons. The first-order chi connectivity index (χ1) is 5.57. The van der Waals surface area contributed by atoms with Crippen LogP contribution in [0.15, 0.2) is 0 Å². The summed E-state index contributed by atoms with van der Waals surface area (Å²) in [6, 6.07) is -0.539. The molecule has 1 saturated heterocycles. The van der Waals surface area contributed by atoms with Crippen LogP contribution in [-0.2, 0) is 4.74 Å². The lowest BCUT2D eigenvalue weighted by molar-refractivity contribution is -0.169. The molecule has 2 unspecified atom stereocenters. The third kappa shape index (κ3) is 1.60. The first-order valence-corrected chi connectivity index (χ1v) is 4.05. The standard InChI is InChI=1S/C7H16N2O3/c1-3-5(9)7(11)6(10)4(2-8)12-3/h3-7,10-11H,2,8-9H2,1H3/t3-,4?,5-,6-,7?/m1/s1. The van der Waals surface area contributed by atoms with E-state index in [9.17, 15) is 10.2 Å². The fourth-order valence-corrected chi connectivity index (χ4v) is 1.37. The van der Waals surface area contributed by atoms with E-state index in [0.717, 1.165) is 0 Å². The predicted octanol–water partition coefficient (Wildman–Crippen LogP) is -2.22. The minimum Gasteiger partial charge on any atom is -0.389 e. The minimum absolute atomic E-state index is 0.190. The number of hydrogen-bond acceptors (Lipinski definition) is 5. The van der Waals surface area contributed by atoms with Gasteiger partial charge in [-0.3, -0.25) is 0 Å². The predicted molar refractivity (Wildman–Crippen MR) is 43.4 cm³/mol. The fraction of sp³-hybridized carbons (Fsp3) is 1.00. The van der Waals surface area contributed by atoms with E-state index in [4.69, 9.17) is 16.2 Å². The highest BCUT2D eigenvalue weighted by atomic mass is 16.5. The SMILES string of the molecule is C[C@H]1OC(CN)[C@@H](O)C(O)[C@@H]1N. The third-order valence-corrected chi connectivity index (χ3v) is 2.29. The normalized spacial score (nSPS) is 49.2. The zero-order valence-corrected chi connectivity index (χ0v) is 7.05. The van der Waals surface area contributed by atoms with Crippen molar-refractivity contribution in [3.05, 3.63) is 0 Å². The Hall–Kier alpha value is -0.200. The van der Waals surface area contributed by atoms with Crippen molar-refractivity contribution in [1.29, 1.82) is 0 Å². The Balaban J connectivity index is 2.63. The van der Waals surface area contributed by atoms with Crippen LogP contribution in [0.2, 0.25) is 0 Å². The van der Waals surface area contributed by atoms with E-state index >= 15 is 0 Å². The zero-order chi connectivity index (χ0) is 9.30. The highest BCUT2D eigenvalue weighted by molar-refractivity contribution is 4.93. The fourth-order valence-electron chi connectivity index (χ4n) is 1.37. The molecule has 0 saturated carbocycles. The molecule has 1 aliphatic heterocycles. The molecule has 0 aromatic heterocycles. The Morgan fingerprint density at radius 1 is 1.33 bits per heavy atom. The van der Waals surface area contributed by atoms with Gasteiger partial charge in [0.05, 0.1) is 18.2 Å². The van der Waals surface area contributed by atoms with Crippen LogP contribution in [0.4, 0.5) is 0 Å². The molecule has 5 atom stereocenters. The molecule has 0 aromatic rings. The van der Waals surface area contributed by atoms with Crippen molar-refractivity contribution in [2.24, 2.45) is 11.5 Å². The van der Waals surface area contributed by atoms with Crippen molar-refractivity contribution in [3.63, 3.8) is 0 Å². The zero-order valence-electron chi connectivity index (χ0n) is 7.05. The van der Waals surface area contributed by atoms with Crippen LogP contribution < -0.4 is 11.5 Å². The second kappa shape index (κ2) is 3.68. The second-order valence-electron chi connectivity index (χ2n) is 3.17. The molecule has 1 rings (SSSR count). The summed E-state index contributed by atoms with van der Waals surface area (Å²) in [7, 11) is 0. The van der Waals surface area contributed by atoms with Gasteiger partial charge in [-0.15, -0.1) is 0 Å². The maximum absolute atomic E-state index is 9.41. The molecule has 0 aromatic carbocycles. The number of aliphatic hydroxyl groups excluding tert-OH is 2. The summed E-state index contributed by atoms with van der Waals surface area (Å²) in [6.07, 6.45) is -2.68. The Morgan fingerprint density at radius 2 is 1.92 bits per heavy atom. The van der Waals surface area contributed by atoms with E-state index in [1.54, 1.807) is 6.92 Å². The van der Waals surface area contributed by atoms with E-state index in [2.05, 4.69) is 0 Å². The Bertz CT molecular complexity index is 151. The third-order valence-electron chi connectivity index (χ3n) is 2.29. The van der Waals surface area contributed by atoms with Crippen molar-refractivity contribution in [2.45, 2.75) is 37.4 Å². The molecular weight excluding hydrogens is 160 g/mol. The summed E-state index contributed by atoms with van der Waals surface area (Å²) in [5.41, 5.74) is 10.9. The van der Waals surface area contributed by atoms with E-state index in [0.29, 0.717) is 0 Å². The van der Waals surface area contributed by atoms with Crippen molar-refractivity contribution in [2.75, 3.05) is 6.54 Å². The molecule has 72 valence electrons. The van der Waals surface area contributed by atoms with Gasteiger partial charge in [-0.05, 0) is 6.92 Å². The highest BCUT2D eigenvalue weighted by Crippen LogP contribution is 2.18. The van der Waals surface area contributed by atoms with Gasteiger partial charge < -0.3 is 26.4 Å². The van der Waals surface area contributed by atoms with Gasteiger partial charge in [-0.2, -0.15) is 0 Å². The van der Waals surface area contributed by atoms with Crippen LogP contribution >= 0.6 is 0 Å². The van der Waals surface area contributed by atoms with Gasteiger partial charge in [0.2, 0.25) is 0 Å². The molecule has 1 heterocycles. The second-order valence-corrected chi connectivity index (χ2v) is 3.17. The lowest BCUT2D eigenvalue weighted by Gasteiger charge is -2.39. The summed E-state index contributed by atoms with van der Waals surface area (Å²) >= 11 is 0. The summed E-state index contributed by atoms with van der Waals surface area (Å²) in [6.45, 7) is 1.94. The number of nitrogens with two attached hydrogens (primary N) is 2. The van der Waals surface area contributed by atoms with E-state index in [1.165, 1.54) is 0 Å². The molecule has 5 nitrogen and oxygen atoms in total. The number of rotatable bonds is 1. The lowest BCUT2D eigenvalue weighted by Crippen LogP contribution is -2.61. The molecule has 12 heavy (non-hydrogen) atoms. The average Bonchev–Trinajstić information content (AvgIpc) is 2.08. The molecule has 0 spiro atoms. The smallest absolute Gasteiger partial charge is 0.109 e. The van der Waals surface area contributed by atoms with Crippen LogP contribution in [0.3, 0.4) is 0 Å². The highest BCUT2D eigenvalue weighted by Gasteiger charge is 2.39. The van der Waals surface area contributed by atoms with Gasteiger partial charge in [-0.1, -0.05) is 0 Å². The van der Waals surface area contributed by atoms with Gasteiger partial charge in [0.1, 0.15) is 12.2 Å². The molecule has 6 N–H and O–H groups in total. The van der Waals surface area contributed by atoms with Crippen LogP contribution in [0.1, 0.15) is 6.92 Å². The maximum Gasteiger partial charge on any atom is 0.109 e. The monoisotopic (exact) mass is 176 g/mol. The molecular formula is C7H16N2O3. The lowest BCUT2D eigenvalue weighted by atomic mass is 9.94. The van der Waals surface area contributed by atoms with E-state index < -0.39 is 24.4 Å².